The SMILES string of the molecule is Cc1cccc(S[S])c1. The van der Waals surface area contributed by atoms with E-state index in [1.165, 1.54) is 16.4 Å². The third-order valence-electron chi connectivity index (χ3n) is 1.09. The maximum atomic E-state index is 4.79. The second kappa shape index (κ2) is 3.18. The van der Waals surface area contributed by atoms with Crippen molar-refractivity contribution in [2.24, 2.45) is 0 Å². The van der Waals surface area contributed by atoms with E-state index >= 15 is 0 Å². The van der Waals surface area contributed by atoms with E-state index in [4.69, 9.17) is 11.7 Å². The van der Waals surface area contributed by atoms with Crippen LogP contribution in [0.15, 0.2) is 29.2 Å². The van der Waals surface area contributed by atoms with Gasteiger partial charge < -0.3 is 0 Å². The number of aryl methyl sites for hydroxylation is 1. The van der Waals surface area contributed by atoms with E-state index in [0.717, 1.165) is 4.90 Å². The molecule has 47 valence electrons. The Kier molecular flexibility index (Phi) is 2.49. The largest absolute Gasteiger partial charge is 0.0609 e. The average Bonchev–Trinajstić information content (AvgIpc) is 1.88. The lowest BCUT2D eigenvalue weighted by Crippen LogP contribution is -1.69. The summed E-state index contributed by atoms with van der Waals surface area (Å²) in [5.74, 6) is 0. The highest BCUT2D eigenvalue weighted by Gasteiger charge is 1.87. The zero-order chi connectivity index (χ0) is 6.69. The summed E-state index contributed by atoms with van der Waals surface area (Å²) in [6.07, 6.45) is 0. The highest BCUT2D eigenvalue weighted by molar-refractivity contribution is 8.68. The van der Waals surface area contributed by atoms with Crippen LogP contribution in [0.2, 0.25) is 0 Å². The number of benzene rings is 1. The smallest absolute Gasteiger partial charge is 0.0194 e. The van der Waals surface area contributed by atoms with Crippen molar-refractivity contribution in [1.82, 2.24) is 0 Å². The summed E-state index contributed by atoms with van der Waals surface area (Å²) in [5, 5.41) is 0. The Morgan fingerprint density at radius 1 is 1.44 bits per heavy atom. The summed E-state index contributed by atoms with van der Waals surface area (Å²) in [6, 6.07) is 8.18. The van der Waals surface area contributed by atoms with E-state index in [-0.39, 0.29) is 0 Å². The van der Waals surface area contributed by atoms with Crippen LogP contribution in [0.1, 0.15) is 5.56 Å². The molecule has 0 spiro atoms. The summed E-state index contributed by atoms with van der Waals surface area (Å²) in [5.41, 5.74) is 1.27. The predicted molar refractivity (Wildman–Crippen MR) is 44.6 cm³/mol. The maximum absolute atomic E-state index is 4.79. The first-order valence-electron chi connectivity index (χ1n) is 2.69. The van der Waals surface area contributed by atoms with Crippen molar-refractivity contribution in [2.45, 2.75) is 11.8 Å². The Labute approximate surface area is 64.5 Å². The monoisotopic (exact) mass is 155 g/mol. The zero-order valence-electron chi connectivity index (χ0n) is 5.13. The van der Waals surface area contributed by atoms with E-state index < -0.39 is 0 Å². The van der Waals surface area contributed by atoms with Crippen LogP contribution >= 0.6 is 22.5 Å². The number of hydrogen-bond acceptors (Lipinski definition) is 1. The Morgan fingerprint density at radius 3 is 2.67 bits per heavy atom. The maximum Gasteiger partial charge on any atom is 0.0194 e. The summed E-state index contributed by atoms with van der Waals surface area (Å²) in [4.78, 5) is 1.16. The normalized spacial score (nSPS) is 9.56. The quantitative estimate of drug-likeness (QED) is 0.561. The Bertz CT molecular complexity index is 196. The minimum absolute atomic E-state index is 1.16. The van der Waals surface area contributed by atoms with Crippen molar-refractivity contribution in [2.75, 3.05) is 0 Å². The molecule has 0 bridgehead atoms. The molecule has 0 fully saturated rings. The number of hydrogen-bond donors (Lipinski definition) is 0. The summed E-state index contributed by atoms with van der Waals surface area (Å²) < 4.78 is 0. The van der Waals surface area contributed by atoms with Crippen LogP contribution in [-0.4, -0.2) is 0 Å². The first-order chi connectivity index (χ1) is 4.33. The third kappa shape index (κ3) is 1.95. The van der Waals surface area contributed by atoms with Gasteiger partial charge in [0.1, 0.15) is 0 Å². The standard InChI is InChI=1S/C7H7S2/c1-6-3-2-4-7(5-6)9-8/h2-5H,1H3. The summed E-state index contributed by atoms with van der Waals surface area (Å²) in [6.45, 7) is 2.06. The van der Waals surface area contributed by atoms with E-state index in [9.17, 15) is 0 Å². The molecule has 1 aromatic carbocycles. The van der Waals surface area contributed by atoms with Gasteiger partial charge in [0.25, 0.3) is 0 Å². The topological polar surface area (TPSA) is 0 Å². The molecule has 1 rings (SSSR count). The van der Waals surface area contributed by atoms with E-state index in [1.807, 2.05) is 12.1 Å². The first kappa shape index (κ1) is 7.03. The fourth-order valence-corrected chi connectivity index (χ4v) is 1.35. The molecule has 0 unspecified atom stereocenters. The molecule has 1 aromatic rings. The Balaban J connectivity index is 2.94. The van der Waals surface area contributed by atoms with Gasteiger partial charge in [0.05, 0.1) is 0 Å². The van der Waals surface area contributed by atoms with E-state index in [0.29, 0.717) is 0 Å². The molecule has 0 saturated carbocycles. The minimum atomic E-state index is 1.16. The Morgan fingerprint density at radius 2 is 2.22 bits per heavy atom. The van der Waals surface area contributed by atoms with Gasteiger partial charge in [0.2, 0.25) is 0 Å². The van der Waals surface area contributed by atoms with Crippen LogP contribution in [0.4, 0.5) is 0 Å². The molecule has 2 heteroatoms. The number of rotatable bonds is 1. The van der Waals surface area contributed by atoms with Gasteiger partial charge in [-0.3, -0.25) is 0 Å². The van der Waals surface area contributed by atoms with Crippen LogP contribution in [0.5, 0.6) is 0 Å². The van der Waals surface area contributed by atoms with Gasteiger partial charge in [0, 0.05) is 4.90 Å². The van der Waals surface area contributed by atoms with Gasteiger partial charge in [0.15, 0.2) is 0 Å². The molecular formula is C7H7S2. The molecule has 0 heterocycles. The minimum Gasteiger partial charge on any atom is -0.0609 e. The molecule has 0 N–H and O–H groups in total. The highest BCUT2D eigenvalue weighted by Crippen LogP contribution is 2.21. The summed E-state index contributed by atoms with van der Waals surface area (Å²) >= 11 is 4.79. The average molecular weight is 155 g/mol. The van der Waals surface area contributed by atoms with Crippen molar-refractivity contribution in [3.63, 3.8) is 0 Å². The zero-order valence-corrected chi connectivity index (χ0v) is 6.76. The molecule has 0 amide bonds. The Hall–Kier alpha value is -0.0800. The van der Waals surface area contributed by atoms with Crippen LogP contribution in [0.3, 0.4) is 0 Å². The lowest BCUT2D eigenvalue weighted by atomic mass is 10.2. The van der Waals surface area contributed by atoms with Gasteiger partial charge in [-0.25, -0.2) is 0 Å². The van der Waals surface area contributed by atoms with Crippen LogP contribution in [0.25, 0.3) is 0 Å². The molecule has 0 aromatic heterocycles. The summed E-state index contributed by atoms with van der Waals surface area (Å²) in [7, 11) is 1.37. The molecule has 0 atom stereocenters. The molecule has 0 aliphatic carbocycles. The van der Waals surface area contributed by atoms with Crippen LogP contribution < -0.4 is 0 Å². The fourth-order valence-electron chi connectivity index (χ4n) is 0.667. The molecule has 0 nitrogen and oxygen atoms in total. The lowest BCUT2D eigenvalue weighted by molar-refractivity contribution is 1.37. The molecule has 0 aliphatic heterocycles. The van der Waals surface area contributed by atoms with Crippen molar-refractivity contribution in [3.8, 4) is 0 Å². The lowest BCUT2D eigenvalue weighted by Gasteiger charge is -1.93. The molecular weight excluding hydrogens is 148 g/mol. The van der Waals surface area contributed by atoms with Crippen LogP contribution in [0, 0.1) is 6.92 Å². The van der Waals surface area contributed by atoms with Gasteiger partial charge in [-0.1, -0.05) is 12.1 Å². The van der Waals surface area contributed by atoms with Crippen molar-refractivity contribution < 1.29 is 0 Å². The molecule has 0 aliphatic rings. The van der Waals surface area contributed by atoms with Gasteiger partial charge in [-0.2, -0.15) is 0 Å². The van der Waals surface area contributed by atoms with Crippen molar-refractivity contribution in [3.05, 3.63) is 29.8 Å². The molecule has 0 saturated heterocycles. The van der Waals surface area contributed by atoms with E-state index in [2.05, 4.69) is 19.1 Å². The second-order valence-electron chi connectivity index (χ2n) is 1.90. The van der Waals surface area contributed by atoms with Crippen molar-refractivity contribution in [1.29, 1.82) is 0 Å². The fraction of sp³-hybridized carbons (Fsp3) is 0.143. The van der Waals surface area contributed by atoms with Crippen LogP contribution in [-0.2, 0) is 0 Å². The molecule has 1 radical (unpaired) electrons. The molecule has 9 heavy (non-hydrogen) atoms. The van der Waals surface area contributed by atoms with Gasteiger partial charge in [-0.15, -0.1) is 0 Å². The van der Waals surface area contributed by atoms with E-state index in [1.54, 1.807) is 0 Å². The third-order valence-corrected chi connectivity index (χ3v) is 2.11. The second-order valence-corrected chi connectivity index (χ2v) is 3.04. The van der Waals surface area contributed by atoms with Gasteiger partial charge >= 0.3 is 0 Å². The predicted octanol–water partition coefficient (Wildman–Crippen LogP) is 3.20. The highest BCUT2D eigenvalue weighted by atomic mass is 33.1. The van der Waals surface area contributed by atoms with Crippen molar-refractivity contribution >= 4 is 22.5 Å². The van der Waals surface area contributed by atoms with Gasteiger partial charge in [-0.05, 0) is 47.1 Å². The first-order valence-corrected chi connectivity index (χ1v) is 4.43.